The zero-order valence-electron chi connectivity index (χ0n) is 23.2. The van der Waals surface area contributed by atoms with E-state index < -0.39 is 28.5 Å². The maximum Gasteiger partial charge on any atom is 0.264 e. The van der Waals surface area contributed by atoms with Crippen LogP contribution < -0.4 is 9.62 Å². The van der Waals surface area contributed by atoms with E-state index in [0.717, 1.165) is 52.0 Å². The molecule has 10 heteroatoms. The second-order valence-corrected chi connectivity index (χ2v) is 13.7. The lowest BCUT2D eigenvalue weighted by atomic mass is 9.95. The maximum absolute atomic E-state index is 14.1. The maximum atomic E-state index is 14.1. The molecule has 0 bridgehead atoms. The zero-order chi connectivity index (χ0) is 29.6. The summed E-state index contributed by atoms with van der Waals surface area (Å²) in [6.45, 7) is 3.22. The van der Waals surface area contributed by atoms with Gasteiger partial charge in [0.15, 0.2) is 0 Å². The van der Waals surface area contributed by atoms with Crippen molar-refractivity contribution >= 4 is 55.1 Å². The Bertz CT molecular complexity index is 1460. The van der Waals surface area contributed by atoms with Crippen molar-refractivity contribution in [3.8, 4) is 0 Å². The molecule has 7 nitrogen and oxygen atoms in total. The minimum Gasteiger partial charge on any atom is -0.352 e. The van der Waals surface area contributed by atoms with E-state index in [2.05, 4.69) is 21.2 Å². The summed E-state index contributed by atoms with van der Waals surface area (Å²) in [5.74, 6) is -0.733. The molecule has 1 fully saturated rings. The third-order valence-electron chi connectivity index (χ3n) is 7.36. The first-order valence-electron chi connectivity index (χ1n) is 13.7. The number of halogens is 2. The van der Waals surface area contributed by atoms with Crippen LogP contribution in [0.4, 0.5) is 5.69 Å². The molecular formula is C31H35BrClN3O4S. The van der Waals surface area contributed by atoms with Crippen molar-refractivity contribution in [2.75, 3.05) is 10.8 Å². The molecule has 4 rings (SSSR count). The third kappa shape index (κ3) is 8.11. The number of hydrogen-bond acceptors (Lipinski definition) is 4. The van der Waals surface area contributed by atoms with Crippen LogP contribution in [0.2, 0.25) is 5.02 Å². The fourth-order valence-corrected chi connectivity index (χ4v) is 6.78. The molecule has 0 heterocycles. The standard InChI is InChI=1S/C31H35BrClN3O4S/c1-22-7-6-10-28(19-22)36(41(39,40)29-17-15-26(33)16-18-29)21-30(37)35(20-24-11-13-25(32)14-12-24)23(2)31(38)34-27-8-4-3-5-9-27/h6-7,10-19,23,27H,3-5,8-9,20-21H2,1-2H3,(H,34,38)/t23-/m0/s1. The number of hydrogen-bond donors (Lipinski definition) is 1. The highest BCUT2D eigenvalue weighted by atomic mass is 79.9. The lowest BCUT2D eigenvalue weighted by Crippen LogP contribution is -2.53. The van der Waals surface area contributed by atoms with Gasteiger partial charge in [-0.15, -0.1) is 0 Å². The molecule has 0 saturated heterocycles. The summed E-state index contributed by atoms with van der Waals surface area (Å²) in [6.07, 6.45) is 5.12. The quantitative estimate of drug-likeness (QED) is 0.270. The average molecular weight is 661 g/mol. The van der Waals surface area contributed by atoms with Crippen LogP contribution in [0.15, 0.2) is 82.2 Å². The first-order chi connectivity index (χ1) is 19.5. The van der Waals surface area contributed by atoms with Gasteiger partial charge in [-0.25, -0.2) is 8.42 Å². The van der Waals surface area contributed by atoms with Gasteiger partial charge in [0.1, 0.15) is 12.6 Å². The molecular weight excluding hydrogens is 626 g/mol. The van der Waals surface area contributed by atoms with E-state index in [4.69, 9.17) is 11.6 Å². The van der Waals surface area contributed by atoms with Crippen LogP contribution >= 0.6 is 27.5 Å². The van der Waals surface area contributed by atoms with Gasteiger partial charge in [-0.1, -0.05) is 71.1 Å². The molecule has 3 aromatic rings. The summed E-state index contributed by atoms with van der Waals surface area (Å²) in [7, 11) is -4.14. The van der Waals surface area contributed by atoms with Crippen molar-refractivity contribution in [1.82, 2.24) is 10.2 Å². The number of nitrogens with zero attached hydrogens (tertiary/aromatic N) is 2. The Morgan fingerprint density at radius 2 is 1.66 bits per heavy atom. The zero-order valence-corrected chi connectivity index (χ0v) is 26.4. The fourth-order valence-electron chi connectivity index (χ4n) is 4.98. The number of nitrogens with one attached hydrogen (secondary N) is 1. The number of aryl methyl sites for hydroxylation is 1. The topological polar surface area (TPSA) is 86.8 Å². The first kappa shape index (κ1) is 31.1. The fraction of sp³-hybridized carbons (Fsp3) is 0.355. The van der Waals surface area contributed by atoms with E-state index in [9.17, 15) is 18.0 Å². The summed E-state index contributed by atoms with van der Waals surface area (Å²) in [5.41, 5.74) is 2.02. The van der Waals surface area contributed by atoms with Crippen LogP contribution in [0.1, 0.15) is 50.2 Å². The van der Waals surface area contributed by atoms with Crippen LogP contribution in [0.3, 0.4) is 0 Å². The number of benzene rings is 3. The normalized spacial score (nSPS) is 14.7. The summed E-state index contributed by atoms with van der Waals surface area (Å²) < 4.78 is 29.8. The highest BCUT2D eigenvalue weighted by Crippen LogP contribution is 2.26. The largest absolute Gasteiger partial charge is 0.352 e. The minimum atomic E-state index is -4.14. The highest BCUT2D eigenvalue weighted by molar-refractivity contribution is 9.10. The van der Waals surface area contributed by atoms with Gasteiger partial charge in [0.2, 0.25) is 11.8 Å². The van der Waals surface area contributed by atoms with Gasteiger partial charge >= 0.3 is 0 Å². The number of carbonyl (C=O) groups is 2. The second-order valence-electron chi connectivity index (χ2n) is 10.5. The lowest BCUT2D eigenvalue weighted by molar-refractivity contribution is -0.139. The summed E-state index contributed by atoms with van der Waals surface area (Å²) >= 11 is 9.45. The van der Waals surface area contributed by atoms with Gasteiger partial charge in [0.05, 0.1) is 10.6 Å². The Balaban J connectivity index is 1.67. The van der Waals surface area contributed by atoms with Gasteiger partial charge in [-0.2, -0.15) is 0 Å². The van der Waals surface area contributed by atoms with E-state index >= 15 is 0 Å². The number of amides is 2. The average Bonchev–Trinajstić information content (AvgIpc) is 2.95. The number of rotatable bonds is 10. The molecule has 3 aromatic carbocycles. The van der Waals surface area contributed by atoms with E-state index in [1.807, 2.05) is 37.3 Å². The predicted octanol–water partition coefficient (Wildman–Crippen LogP) is 6.47. The monoisotopic (exact) mass is 659 g/mol. The van der Waals surface area contributed by atoms with Crippen molar-refractivity contribution in [2.24, 2.45) is 0 Å². The van der Waals surface area contributed by atoms with Gasteiger partial charge in [0.25, 0.3) is 10.0 Å². The summed E-state index contributed by atoms with van der Waals surface area (Å²) in [5, 5.41) is 3.52. The predicted molar refractivity (Wildman–Crippen MR) is 166 cm³/mol. The third-order valence-corrected chi connectivity index (χ3v) is 9.92. The number of carbonyl (C=O) groups excluding carboxylic acids is 2. The summed E-state index contributed by atoms with van der Waals surface area (Å²) in [6, 6.07) is 19.6. The van der Waals surface area contributed by atoms with Crippen LogP contribution in [-0.2, 0) is 26.2 Å². The van der Waals surface area contributed by atoms with E-state index in [-0.39, 0.29) is 23.4 Å². The van der Waals surface area contributed by atoms with Gasteiger partial charge < -0.3 is 10.2 Å². The Kier molecular flexibility index (Phi) is 10.5. The van der Waals surface area contributed by atoms with Crippen molar-refractivity contribution in [2.45, 2.75) is 69.5 Å². The van der Waals surface area contributed by atoms with Gasteiger partial charge in [-0.3, -0.25) is 13.9 Å². The van der Waals surface area contributed by atoms with E-state index in [1.165, 1.54) is 29.2 Å². The Hall–Kier alpha value is -2.88. The molecule has 0 spiro atoms. The summed E-state index contributed by atoms with van der Waals surface area (Å²) in [4.78, 5) is 28.9. The molecule has 1 saturated carbocycles. The molecule has 1 aliphatic rings. The van der Waals surface area contributed by atoms with Crippen molar-refractivity contribution in [1.29, 1.82) is 0 Å². The van der Waals surface area contributed by atoms with Gasteiger partial charge in [0, 0.05) is 22.1 Å². The molecule has 2 amide bonds. The lowest BCUT2D eigenvalue weighted by Gasteiger charge is -2.33. The molecule has 0 aliphatic heterocycles. The van der Waals surface area contributed by atoms with Crippen LogP contribution in [0.25, 0.3) is 0 Å². The van der Waals surface area contributed by atoms with Crippen molar-refractivity contribution < 1.29 is 18.0 Å². The van der Waals surface area contributed by atoms with Crippen LogP contribution in [0.5, 0.6) is 0 Å². The molecule has 218 valence electrons. The minimum absolute atomic E-state index is 0.0127. The second kappa shape index (κ2) is 13.9. The molecule has 0 radical (unpaired) electrons. The van der Waals surface area contributed by atoms with Crippen LogP contribution in [-0.4, -0.2) is 43.8 Å². The molecule has 1 aliphatic carbocycles. The first-order valence-corrected chi connectivity index (χ1v) is 16.3. The van der Waals surface area contributed by atoms with Crippen LogP contribution in [0, 0.1) is 6.92 Å². The number of sulfonamides is 1. The molecule has 41 heavy (non-hydrogen) atoms. The van der Waals surface area contributed by atoms with Crippen molar-refractivity contribution in [3.05, 3.63) is 93.4 Å². The molecule has 1 atom stereocenters. The van der Waals surface area contributed by atoms with Gasteiger partial charge in [-0.05, 0) is 86.3 Å². The Labute approximate surface area is 256 Å². The Morgan fingerprint density at radius 3 is 2.29 bits per heavy atom. The smallest absolute Gasteiger partial charge is 0.264 e. The molecule has 1 N–H and O–H groups in total. The molecule has 0 aromatic heterocycles. The molecule has 0 unspecified atom stereocenters. The van der Waals surface area contributed by atoms with E-state index in [0.29, 0.717) is 10.7 Å². The SMILES string of the molecule is Cc1cccc(N(CC(=O)N(Cc2ccc(Br)cc2)[C@@H](C)C(=O)NC2CCCCC2)S(=O)(=O)c2ccc(Cl)cc2)c1. The number of anilines is 1. The van der Waals surface area contributed by atoms with E-state index in [1.54, 1.807) is 25.1 Å². The van der Waals surface area contributed by atoms with Crippen molar-refractivity contribution in [3.63, 3.8) is 0 Å². The highest BCUT2D eigenvalue weighted by Gasteiger charge is 2.33. The Morgan fingerprint density at radius 1 is 1.00 bits per heavy atom.